The molecule has 178 valence electrons. The minimum absolute atomic E-state index is 0.447. The third kappa shape index (κ3) is 4.19. The van der Waals surface area contributed by atoms with Crippen molar-refractivity contribution >= 4 is 23.2 Å². The van der Waals surface area contributed by atoms with Crippen LogP contribution < -0.4 is 5.32 Å². The Morgan fingerprint density at radius 2 is 1.53 bits per heavy atom. The van der Waals surface area contributed by atoms with E-state index in [1.165, 1.54) is 38.5 Å². The molecule has 4 nitrogen and oxygen atoms in total. The fraction of sp³-hybridized carbons (Fsp3) is 0.500. The molecule has 6 heteroatoms. The van der Waals surface area contributed by atoms with Crippen LogP contribution in [0.4, 0.5) is 0 Å². The van der Waals surface area contributed by atoms with Crippen LogP contribution in [0.25, 0.3) is 11.3 Å². The molecule has 1 N–H and O–H groups in total. The predicted molar refractivity (Wildman–Crippen MR) is 138 cm³/mol. The lowest BCUT2D eigenvalue weighted by Crippen LogP contribution is -2.54. The lowest BCUT2D eigenvalue weighted by Gasteiger charge is -2.59. The van der Waals surface area contributed by atoms with Crippen molar-refractivity contribution in [3.63, 3.8) is 0 Å². The summed E-state index contributed by atoms with van der Waals surface area (Å²) in [5.41, 5.74) is 4.29. The second-order valence-electron chi connectivity index (χ2n) is 11.0. The monoisotopic (exact) mass is 494 g/mol. The van der Waals surface area contributed by atoms with Crippen LogP contribution in [-0.4, -0.2) is 21.0 Å². The van der Waals surface area contributed by atoms with Crippen molar-refractivity contribution in [2.24, 2.45) is 23.2 Å². The molecule has 0 unspecified atom stereocenters. The number of rotatable bonds is 7. The van der Waals surface area contributed by atoms with Crippen LogP contribution in [0.15, 0.2) is 48.5 Å². The summed E-state index contributed by atoms with van der Waals surface area (Å²) in [5.74, 6) is 2.87. The average Bonchev–Trinajstić information content (AvgIpc) is 3.22. The van der Waals surface area contributed by atoms with Gasteiger partial charge in [0, 0.05) is 33.8 Å². The quantitative estimate of drug-likeness (QED) is 0.384. The highest BCUT2D eigenvalue weighted by Crippen LogP contribution is 2.61. The van der Waals surface area contributed by atoms with E-state index < -0.39 is 0 Å². The summed E-state index contributed by atoms with van der Waals surface area (Å²) in [5, 5.41) is 15.0. The van der Waals surface area contributed by atoms with Gasteiger partial charge in [0.1, 0.15) is 11.4 Å². The summed E-state index contributed by atoms with van der Waals surface area (Å²) in [7, 11) is 0. The molecule has 1 heterocycles. The van der Waals surface area contributed by atoms with Crippen LogP contribution in [0.2, 0.25) is 10.0 Å². The van der Waals surface area contributed by atoms with E-state index in [9.17, 15) is 0 Å². The van der Waals surface area contributed by atoms with Gasteiger partial charge in [0.15, 0.2) is 0 Å². The number of halogens is 2. The Labute approximate surface area is 212 Å². The minimum atomic E-state index is 0.447. The fourth-order valence-corrected chi connectivity index (χ4v) is 7.91. The van der Waals surface area contributed by atoms with E-state index in [1.54, 1.807) is 4.80 Å². The second-order valence-corrected chi connectivity index (χ2v) is 11.8. The van der Waals surface area contributed by atoms with Crippen LogP contribution in [-0.2, 0) is 13.1 Å². The highest BCUT2D eigenvalue weighted by Gasteiger charge is 2.52. The molecule has 4 bridgehead atoms. The zero-order chi connectivity index (χ0) is 23.3. The number of nitrogens with one attached hydrogen (secondary N) is 1. The first-order chi connectivity index (χ1) is 16.5. The first-order valence-electron chi connectivity index (χ1n) is 12.6. The van der Waals surface area contributed by atoms with Crippen LogP contribution in [0.3, 0.4) is 0 Å². The van der Waals surface area contributed by atoms with Crippen LogP contribution in [0.1, 0.15) is 56.7 Å². The molecule has 0 amide bonds. The predicted octanol–water partition coefficient (Wildman–Crippen LogP) is 6.99. The molecule has 1 aromatic heterocycles. The topological polar surface area (TPSA) is 42.7 Å². The summed E-state index contributed by atoms with van der Waals surface area (Å²) in [4.78, 5) is 1.74. The number of hydrogen-bond acceptors (Lipinski definition) is 3. The molecule has 0 radical (unpaired) electrons. The highest BCUT2D eigenvalue weighted by molar-refractivity contribution is 6.35. The number of hydrogen-bond donors (Lipinski definition) is 1. The number of benzene rings is 2. The molecular weight excluding hydrogens is 463 g/mol. The van der Waals surface area contributed by atoms with E-state index in [1.807, 2.05) is 24.3 Å². The van der Waals surface area contributed by atoms with Crippen molar-refractivity contribution in [3.05, 3.63) is 69.8 Å². The maximum Gasteiger partial charge on any atom is 0.117 e. The van der Waals surface area contributed by atoms with E-state index in [2.05, 4.69) is 36.5 Å². The molecule has 0 aliphatic heterocycles. The Bertz CT molecular complexity index is 1120. The Kier molecular flexibility index (Phi) is 5.95. The van der Waals surface area contributed by atoms with Crippen LogP contribution >= 0.6 is 23.2 Å². The maximum absolute atomic E-state index is 6.43. The van der Waals surface area contributed by atoms with Crippen molar-refractivity contribution in [1.82, 2.24) is 20.3 Å². The smallest absolute Gasteiger partial charge is 0.117 e. The largest absolute Gasteiger partial charge is 0.308 e. The van der Waals surface area contributed by atoms with Gasteiger partial charge < -0.3 is 5.32 Å². The van der Waals surface area contributed by atoms with E-state index in [4.69, 9.17) is 33.4 Å². The zero-order valence-corrected chi connectivity index (χ0v) is 21.2. The summed E-state index contributed by atoms with van der Waals surface area (Å²) in [6.45, 7) is 3.57. The summed E-state index contributed by atoms with van der Waals surface area (Å²) in [6.07, 6.45) is 8.62. The Morgan fingerprint density at radius 3 is 2.15 bits per heavy atom. The van der Waals surface area contributed by atoms with Crippen molar-refractivity contribution in [1.29, 1.82) is 0 Å². The molecule has 3 aromatic rings. The molecule has 4 saturated carbocycles. The van der Waals surface area contributed by atoms with Gasteiger partial charge in [0.2, 0.25) is 0 Å². The molecule has 0 spiro atoms. The summed E-state index contributed by atoms with van der Waals surface area (Å²) >= 11 is 12.9. The van der Waals surface area contributed by atoms with Gasteiger partial charge in [-0.1, -0.05) is 59.6 Å². The number of nitrogens with zero attached hydrogens (tertiary/aromatic N) is 3. The van der Waals surface area contributed by atoms with E-state index in [0.29, 0.717) is 34.6 Å². The summed E-state index contributed by atoms with van der Waals surface area (Å²) in [6, 6.07) is 16.4. The van der Waals surface area contributed by atoms with E-state index >= 15 is 0 Å². The van der Waals surface area contributed by atoms with Crippen LogP contribution in [0.5, 0.6) is 0 Å². The molecule has 4 aliphatic carbocycles. The van der Waals surface area contributed by atoms with E-state index in [0.717, 1.165) is 40.3 Å². The van der Waals surface area contributed by atoms with Gasteiger partial charge >= 0.3 is 0 Å². The SMILES string of the molecule is C[C@@H](NCc1nn(Cc2c(Cl)cccc2Cl)nc1-c1ccccc1)C12CC3CC(CC(C3)C1)C2. The summed E-state index contributed by atoms with van der Waals surface area (Å²) < 4.78 is 0. The lowest BCUT2D eigenvalue weighted by molar-refractivity contribution is -0.0707. The lowest BCUT2D eigenvalue weighted by atomic mass is 9.48. The third-order valence-corrected chi connectivity index (χ3v) is 9.42. The molecule has 34 heavy (non-hydrogen) atoms. The minimum Gasteiger partial charge on any atom is -0.308 e. The number of aromatic nitrogens is 3. The Morgan fingerprint density at radius 1 is 0.912 bits per heavy atom. The normalized spacial score (nSPS) is 28.4. The zero-order valence-electron chi connectivity index (χ0n) is 19.7. The van der Waals surface area contributed by atoms with Crippen molar-refractivity contribution in [2.45, 2.75) is 64.6 Å². The van der Waals surface area contributed by atoms with E-state index in [-0.39, 0.29) is 0 Å². The molecule has 0 saturated heterocycles. The molecular formula is C28H32Cl2N4. The van der Waals surface area contributed by atoms with Gasteiger partial charge in [-0.2, -0.15) is 15.0 Å². The fourth-order valence-electron chi connectivity index (χ4n) is 7.39. The first-order valence-corrected chi connectivity index (χ1v) is 13.4. The first kappa shape index (κ1) is 22.6. The van der Waals surface area contributed by atoms with Gasteiger partial charge in [0.25, 0.3) is 0 Å². The van der Waals surface area contributed by atoms with Gasteiger partial charge in [-0.15, -0.1) is 0 Å². The van der Waals surface area contributed by atoms with Gasteiger partial charge in [-0.3, -0.25) is 0 Å². The van der Waals surface area contributed by atoms with Crippen molar-refractivity contribution in [3.8, 4) is 11.3 Å². The average molecular weight is 495 g/mol. The highest BCUT2D eigenvalue weighted by atomic mass is 35.5. The molecule has 1 atom stereocenters. The molecule has 7 rings (SSSR count). The van der Waals surface area contributed by atoms with Crippen LogP contribution in [0, 0.1) is 23.2 Å². The Balaban J connectivity index is 1.25. The third-order valence-electron chi connectivity index (χ3n) is 8.71. The standard InChI is InChI=1S/C28H32Cl2N4/c1-18(28-13-19-10-20(14-28)12-21(11-19)15-28)31-16-26-27(22-6-3-2-4-7-22)33-34(32-26)17-23-24(29)8-5-9-25(23)30/h2-9,18-21,31H,10-17H2,1H3/t18-,19?,20?,21?,28?/m1/s1. The van der Waals surface area contributed by atoms with Gasteiger partial charge in [-0.05, 0) is 80.8 Å². The van der Waals surface area contributed by atoms with Gasteiger partial charge in [-0.25, -0.2) is 0 Å². The van der Waals surface area contributed by atoms with Gasteiger partial charge in [0.05, 0.1) is 6.54 Å². The van der Waals surface area contributed by atoms with Crippen molar-refractivity contribution in [2.75, 3.05) is 0 Å². The second kappa shape index (κ2) is 8.96. The maximum atomic E-state index is 6.43. The molecule has 4 aliphatic rings. The molecule has 2 aromatic carbocycles. The Hall–Kier alpha value is -1.88. The van der Waals surface area contributed by atoms with Crippen molar-refractivity contribution < 1.29 is 0 Å². The molecule has 4 fully saturated rings.